The summed E-state index contributed by atoms with van der Waals surface area (Å²) in [5.41, 5.74) is 2.11. The fraction of sp³-hybridized carbons (Fsp3) is 0.0526. The number of oxazole rings is 1. The monoisotopic (exact) mass is 368 g/mol. The summed E-state index contributed by atoms with van der Waals surface area (Å²) in [5.74, 6) is -1.41. The van der Waals surface area contributed by atoms with Gasteiger partial charge in [-0.3, -0.25) is 10.1 Å². The van der Waals surface area contributed by atoms with Gasteiger partial charge in [-0.05, 0) is 11.6 Å². The zero-order valence-corrected chi connectivity index (χ0v) is 14.5. The molecule has 0 aliphatic heterocycles. The molecule has 1 amide bonds. The predicted molar refractivity (Wildman–Crippen MR) is 99.8 cm³/mol. The smallest absolute Gasteiger partial charge is 0.301 e. The molecule has 0 saturated heterocycles. The minimum Gasteiger partial charge on any atom is -0.431 e. The van der Waals surface area contributed by atoms with Crippen molar-refractivity contribution in [2.45, 2.75) is 0 Å². The molecule has 0 aliphatic carbocycles. The first-order valence-electron chi connectivity index (χ1n) is 7.78. The van der Waals surface area contributed by atoms with E-state index in [1.54, 1.807) is 24.3 Å². The second-order valence-corrected chi connectivity index (χ2v) is 7.36. The van der Waals surface area contributed by atoms with E-state index in [1.807, 2.05) is 36.4 Å². The third kappa shape index (κ3) is 4.90. The lowest BCUT2D eigenvalue weighted by Crippen LogP contribution is -2.21. The zero-order chi connectivity index (χ0) is 18.4. The maximum absolute atomic E-state index is 12.0. The van der Waals surface area contributed by atoms with E-state index in [4.69, 9.17) is 4.42 Å². The first-order valence-corrected chi connectivity index (χ1v) is 9.50. The number of hydrogen-bond acceptors (Lipinski definition) is 5. The first-order chi connectivity index (χ1) is 12.5. The second kappa shape index (κ2) is 7.79. The molecule has 3 aromatic rings. The zero-order valence-electron chi connectivity index (χ0n) is 13.7. The Balaban J connectivity index is 1.62. The Kier molecular flexibility index (Phi) is 5.28. The number of anilines is 1. The average molecular weight is 368 g/mol. The molecule has 0 bridgehead atoms. The number of rotatable bonds is 6. The van der Waals surface area contributed by atoms with Crippen LogP contribution in [-0.4, -0.2) is 25.1 Å². The van der Waals surface area contributed by atoms with Crippen LogP contribution < -0.4 is 5.32 Å². The van der Waals surface area contributed by atoms with Crippen LogP contribution in [-0.2, 0) is 14.6 Å². The van der Waals surface area contributed by atoms with Crippen LogP contribution in [0.5, 0.6) is 0 Å². The largest absolute Gasteiger partial charge is 0.431 e. The molecule has 26 heavy (non-hydrogen) atoms. The fourth-order valence-electron chi connectivity index (χ4n) is 2.21. The topological polar surface area (TPSA) is 89.3 Å². The van der Waals surface area contributed by atoms with Gasteiger partial charge in [0.15, 0.2) is 9.84 Å². The molecule has 0 fully saturated rings. The number of aromatic nitrogens is 1. The van der Waals surface area contributed by atoms with E-state index >= 15 is 0 Å². The Morgan fingerprint density at radius 2 is 1.69 bits per heavy atom. The molecule has 0 spiro atoms. The highest BCUT2D eigenvalue weighted by Crippen LogP contribution is 2.20. The van der Waals surface area contributed by atoms with E-state index in [-0.39, 0.29) is 6.01 Å². The third-order valence-corrected chi connectivity index (χ3v) is 4.64. The molecular formula is C19H16N2O4S. The van der Waals surface area contributed by atoms with Gasteiger partial charge in [-0.25, -0.2) is 8.42 Å². The van der Waals surface area contributed by atoms with Gasteiger partial charge in [0.05, 0.1) is 0 Å². The maximum Gasteiger partial charge on any atom is 0.301 e. The Labute approximate surface area is 151 Å². The molecule has 7 heteroatoms. The number of carbonyl (C=O) groups excluding carboxylic acids is 1. The van der Waals surface area contributed by atoms with Gasteiger partial charge in [0.2, 0.25) is 5.91 Å². The molecular weight excluding hydrogens is 352 g/mol. The summed E-state index contributed by atoms with van der Waals surface area (Å²) >= 11 is 0. The van der Waals surface area contributed by atoms with Crippen LogP contribution in [0, 0.1) is 0 Å². The summed E-state index contributed by atoms with van der Waals surface area (Å²) in [6.45, 7) is 0. The van der Waals surface area contributed by atoms with Crippen LogP contribution in [0.2, 0.25) is 0 Å². The number of sulfone groups is 1. The summed E-state index contributed by atoms with van der Waals surface area (Å²) in [6.07, 6.45) is 2.84. The van der Waals surface area contributed by atoms with Gasteiger partial charge < -0.3 is 4.42 Å². The van der Waals surface area contributed by atoms with Crippen molar-refractivity contribution in [2.24, 2.45) is 0 Å². The molecule has 0 unspecified atom stereocenters. The van der Waals surface area contributed by atoms with Crippen LogP contribution in [0.1, 0.15) is 5.56 Å². The number of carbonyl (C=O) groups is 1. The summed E-state index contributed by atoms with van der Waals surface area (Å²) in [7, 11) is -3.71. The Morgan fingerprint density at radius 3 is 2.38 bits per heavy atom. The van der Waals surface area contributed by atoms with Gasteiger partial charge in [-0.1, -0.05) is 60.7 Å². The van der Waals surface area contributed by atoms with Crippen molar-refractivity contribution < 1.29 is 17.6 Å². The van der Waals surface area contributed by atoms with Crippen molar-refractivity contribution in [3.8, 4) is 11.3 Å². The highest BCUT2D eigenvalue weighted by Gasteiger charge is 2.16. The summed E-state index contributed by atoms with van der Waals surface area (Å²) < 4.78 is 29.2. The molecule has 1 N–H and O–H groups in total. The van der Waals surface area contributed by atoms with E-state index in [2.05, 4.69) is 10.3 Å². The molecule has 0 radical (unpaired) electrons. The highest BCUT2D eigenvalue weighted by molar-refractivity contribution is 7.95. The second-order valence-electron chi connectivity index (χ2n) is 5.47. The molecule has 1 aromatic heterocycles. The summed E-state index contributed by atoms with van der Waals surface area (Å²) in [6, 6.07) is 18.2. The van der Waals surface area contributed by atoms with E-state index in [1.165, 1.54) is 12.3 Å². The number of benzene rings is 2. The van der Waals surface area contributed by atoms with Crippen LogP contribution in [0.15, 0.2) is 76.8 Å². The van der Waals surface area contributed by atoms with E-state index in [9.17, 15) is 13.2 Å². The first kappa shape index (κ1) is 17.6. The quantitative estimate of drug-likeness (QED) is 0.720. The molecule has 0 aliphatic rings. The van der Waals surface area contributed by atoms with Crippen LogP contribution >= 0.6 is 0 Å². The van der Waals surface area contributed by atoms with E-state index in [0.29, 0.717) is 5.69 Å². The van der Waals surface area contributed by atoms with Crippen molar-refractivity contribution in [3.63, 3.8) is 0 Å². The van der Waals surface area contributed by atoms with Crippen molar-refractivity contribution in [1.29, 1.82) is 0 Å². The molecule has 0 saturated carbocycles. The lowest BCUT2D eigenvalue weighted by Gasteiger charge is -2.00. The number of nitrogens with zero attached hydrogens (tertiary/aromatic N) is 1. The Bertz CT molecular complexity index is 1010. The normalized spacial score (nSPS) is 11.5. The average Bonchev–Trinajstić information content (AvgIpc) is 3.09. The molecule has 132 valence electrons. The number of amides is 1. The standard InChI is InChI=1S/C19H16N2O4S/c22-18(14-26(23,24)12-11-15-7-3-1-4-8-15)21-19-20-17(13-25-19)16-9-5-2-6-10-16/h1-13H,14H2,(H,20,21,22)/b12-11-. The lowest BCUT2D eigenvalue weighted by molar-refractivity contribution is -0.114. The highest BCUT2D eigenvalue weighted by atomic mass is 32.2. The van der Waals surface area contributed by atoms with E-state index in [0.717, 1.165) is 16.5 Å². The molecule has 6 nitrogen and oxygen atoms in total. The number of nitrogens with one attached hydrogen (secondary N) is 1. The van der Waals surface area contributed by atoms with Gasteiger partial charge in [-0.2, -0.15) is 4.98 Å². The van der Waals surface area contributed by atoms with Gasteiger partial charge in [0, 0.05) is 11.0 Å². The van der Waals surface area contributed by atoms with Gasteiger partial charge in [-0.15, -0.1) is 0 Å². The maximum atomic E-state index is 12.0. The Morgan fingerprint density at radius 1 is 1.04 bits per heavy atom. The third-order valence-electron chi connectivity index (χ3n) is 3.42. The molecule has 1 heterocycles. The van der Waals surface area contributed by atoms with Gasteiger partial charge in [0.25, 0.3) is 0 Å². The number of hydrogen-bond donors (Lipinski definition) is 1. The van der Waals surface area contributed by atoms with Crippen LogP contribution in [0.3, 0.4) is 0 Å². The predicted octanol–water partition coefficient (Wildman–Crippen LogP) is 3.37. The lowest BCUT2D eigenvalue weighted by atomic mass is 10.2. The minimum atomic E-state index is -3.71. The van der Waals surface area contributed by atoms with Crippen molar-refractivity contribution >= 4 is 27.8 Å². The van der Waals surface area contributed by atoms with Crippen molar-refractivity contribution in [2.75, 3.05) is 11.1 Å². The van der Waals surface area contributed by atoms with Gasteiger partial charge >= 0.3 is 6.01 Å². The Hall–Kier alpha value is -3.19. The van der Waals surface area contributed by atoms with Gasteiger partial charge in [0.1, 0.15) is 17.7 Å². The van der Waals surface area contributed by atoms with Crippen LogP contribution in [0.4, 0.5) is 6.01 Å². The summed E-state index contributed by atoms with van der Waals surface area (Å²) in [5, 5.41) is 3.38. The summed E-state index contributed by atoms with van der Waals surface area (Å²) in [4.78, 5) is 16.1. The van der Waals surface area contributed by atoms with Crippen molar-refractivity contribution in [3.05, 3.63) is 77.9 Å². The molecule has 2 aromatic carbocycles. The van der Waals surface area contributed by atoms with E-state index < -0.39 is 21.5 Å². The minimum absolute atomic E-state index is 0.0453. The molecule has 0 atom stereocenters. The molecule has 3 rings (SSSR count). The fourth-order valence-corrected chi connectivity index (χ4v) is 3.10. The SMILES string of the molecule is O=C(CS(=O)(=O)/C=C\c1ccccc1)Nc1nc(-c2ccccc2)co1. The van der Waals surface area contributed by atoms with Crippen LogP contribution in [0.25, 0.3) is 17.3 Å². The van der Waals surface area contributed by atoms with Crippen molar-refractivity contribution in [1.82, 2.24) is 4.98 Å².